The number of hydrogen-bond acceptors (Lipinski definition) is 2. The minimum Gasteiger partial charge on any atom is -0.274 e. The van der Waals surface area contributed by atoms with Gasteiger partial charge in [-0.1, -0.05) is 0 Å². The quantitative estimate of drug-likeness (QED) is 0.369. The van der Waals surface area contributed by atoms with E-state index in [1.165, 1.54) is 0 Å². The molecule has 4 heavy (non-hydrogen) atoms. The lowest BCUT2D eigenvalue weighted by molar-refractivity contribution is 0.497. The summed E-state index contributed by atoms with van der Waals surface area (Å²) in [5, 5.41) is 0. The fourth-order valence-corrected chi connectivity index (χ4v) is 0. The standard InChI is InChI=1S/FH.O2Si/c;1-3-2/h1H;. The number of rotatable bonds is 0. The van der Waals surface area contributed by atoms with E-state index in [9.17, 15) is 0 Å². The van der Waals surface area contributed by atoms with E-state index >= 15 is 0 Å². The van der Waals surface area contributed by atoms with E-state index in [4.69, 9.17) is 8.92 Å². The SMILES string of the molecule is F.O=[Si]=O. The first kappa shape index (κ1) is 9.26. The summed E-state index contributed by atoms with van der Waals surface area (Å²) in [6, 6.07) is 0. The largest absolute Gasteiger partial charge is 0.549 e. The van der Waals surface area contributed by atoms with Gasteiger partial charge in [-0.3, -0.25) is 13.6 Å². The van der Waals surface area contributed by atoms with Crippen LogP contribution in [-0.2, 0) is 8.92 Å². The number of halogens is 1. The van der Waals surface area contributed by atoms with E-state index in [2.05, 4.69) is 0 Å². The predicted octanol–water partition coefficient (Wildman–Crippen LogP) is -0.466. The molecule has 0 heterocycles. The zero-order valence-electron chi connectivity index (χ0n) is 1.72. The van der Waals surface area contributed by atoms with Crippen molar-refractivity contribution in [1.82, 2.24) is 0 Å². The summed E-state index contributed by atoms with van der Waals surface area (Å²) in [4.78, 5) is 0. The fraction of sp³-hybridized carbons (Fsp3) is 0. The van der Waals surface area contributed by atoms with Crippen LogP contribution in [0.2, 0.25) is 0 Å². The van der Waals surface area contributed by atoms with Crippen LogP contribution in [0, 0.1) is 0 Å². The molecule has 4 heteroatoms. The van der Waals surface area contributed by atoms with Crippen molar-refractivity contribution in [2.75, 3.05) is 0 Å². The zero-order valence-corrected chi connectivity index (χ0v) is 2.72. The predicted molar refractivity (Wildman–Crippen MR) is 9.63 cm³/mol. The van der Waals surface area contributed by atoms with E-state index < -0.39 is 9.29 Å². The summed E-state index contributed by atoms with van der Waals surface area (Å²) in [6.45, 7) is 0. The molecule has 0 aromatic carbocycles. The Morgan fingerprint density at radius 2 is 1.25 bits per heavy atom. The van der Waals surface area contributed by atoms with Crippen LogP contribution in [0.3, 0.4) is 0 Å². The maximum Gasteiger partial charge on any atom is 0.549 e. The molecule has 0 N–H and O–H groups in total. The Hall–Kier alpha value is -0.253. The van der Waals surface area contributed by atoms with Crippen molar-refractivity contribution in [3.05, 3.63) is 0 Å². The van der Waals surface area contributed by atoms with Crippen LogP contribution in [0.25, 0.3) is 0 Å². The van der Waals surface area contributed by atoms with Gasteiger partial charge in [-0.2, -0.15) is 0 Å². The molecule has 0 saturated heterocycles. The highest BCUT2D eigenvalue weighted by atomic mass is 28.2. The Bertz CT molecular complexity index is 27.0. The van der Waals surface area contributed by atoms with Crippen molar-refractivity contribution in [2.45, 2.75) is 0 Å². The third-order valence-corrected chi connectivity index (χ3v) is 0. The van der Waals surface area contributed by atoms with Crippen molar-refractivity contribution in [1.29, 1.82) is 0 Å². The maximum atomic E-state index is 8.40. The summed E-state index contributed by atoms with van der Waals surface area (Å²) >= 11 is 0. The van der Waals surface area contributed by atoms with Crippen LogP contribution in [0.1, 0.15) is 0 Å². The normalized spacial score (nSPS) is 2.00. The summed E-state index contributed by atoms with van der Waals surface area (Å²) in [7, 11) is -1.42. The third-order valence-electron chi connectivity index (χ3n) is 0. The van der Waals surface area contributed by atoms with E-state index in [1.54, 1.807) is 0 Å². The van der Waals surface area contributed by atoms with Gasteiger partial charge in [0.2, 0.25) is 0 Å². The molecule has 0 aromatic heterocycles. The second kappa shape index (κ2) is 15.0. The van der Waals surface area contributed by atoms with E-state index in [0.717, 1.165) is 0 Å². The van der Waals surface area contributed by atoms with Gasteiger partial charge in [0.25, 0.3) is 0 Å². The fourth-order valence-electron chi connectivity index (χ4n) is 0. The molecule has 2 nitrogen and oxygen atoms in total. The maximum absolute atomic E-state index is 8.40. The van der Waals surface area contributed by atoms with Gasteiger partial charge < -0.3 is 0 Å². The molecule has 0 amide bonds. The average Bonchev–Trinajstić information content (AvgIpc) is 0.918. The Labute approximate surface area is 24.1 Å². The highest BCUT2D eigenvalue weighted by molar-refractivity contribution is 5.94. The summed E-state index contributed by atoms with van der Waals surface area (Å²) in [6.07, 6.45) is 0. The Morgan fingerprint density at radius 1 is 1.25 bits per heavy atom. The zero-order chi connectivity index (χ0) is 2.71. The van der Waals surface area contributed by atoms with E-state index in [-0.39, 0.29) is 4.70 Å². The van der Waals surface area contributed by atoms with Gasteiger partial charge in [-0.15, -0.1) is 0 Å². The molecule has 0 atom stereocenters. The second-order valence-electron chi connectivity index (χ2n) is 0.0833. The van der Waals surface area contributed by atoms with Gasteiger partial charge >= 0.3 is 9.29 Å². The van der Waals surface area contributed by atoms with Gasteiger partial charge in [0, 0.05) is 0 Å². The van der Waals surface area contributed by atoms with Crippen LogP contribution in [0.5, 0.6) is 0 Å². The molecule has 0 fully saturated rings. The van der Waals surface area contributed by atoms with Crippen LogP contribution in [0.15, 0.2) is 0 Å². The van der Waals surface area contributed by atoms with Gasteiger partial charge in [-0.05, 0) is 0 Å². The van der Waals surface area contributed by atoms with Gasteiger partial charge in [0.15, 0.2) is 0 Å². The van der Waals surface area contributed by atoms with Crippen molar-refractivity contribution in [2.24, 2.45) is 0 Å². The molecule has 0 aromatic rings. The molecular formula is HFO2Si. The molecule has 0 aliphatic heterocycles. The van der Waals surface area contributed by atoms with Gasteiger partial charge in [0.1, 0.15) is 0 Å². The van der Waals surface area contributed by atoms with Crippen molar-refractivity contribution < 1.29 is 13.6 Å². The topological polar surface area (TPSA) is 34.1 Å². The highest BCUT2D eigenvalue weighted by Crippen LogP contribution is 0.759. The molecule has 0 radical (unpaired) electrons. The molecule has 0 aliphatic rings. The van der Waals surface area contributed by atoms with Gasteiger partial charge in [0.05, 0.1) is 0 Å². The van der Waals surface area contributed by atoms with Crippen LogP contribution in [0.4, 0.5) is 4.70 Å². The van der Waals surface area contributed by atoms with Crippen LogP contribution in [-0.4, -0.2) is 9.29 Å². The van der Waals surface area contributed by atoms with Crippen molar-refractivity contribution in [3.8, 4) is 0 Å². The van der Waals surface area contributed by atoms with Crippen molar-refractivity contribution in [3.63, 3.8) is 0 Å². The molecule has 0 saturated carbocycles. The van der Waals surface area contributed by atoms with Crippen LogP contribution >= 0.6 is 0 Å². The smallest absolute Gasteiger partial charge is 0.274 e. The highest BCUT2D eigenvalue weighted by Gasteiger charge is 1.22. The molecule has 0 aliphatic carbocycles. The van der Waals surface area contributed by atoms with E-state index in [0.29, 0.717) is 0 Å². The average molecular weight is 80.1 g/mol. The minimum atomic E-state index is -1.42. The van der Waals surface area contributed by atoms with E-state index in [1.807, 2.05) is 0 Å². The Balaban J connectivity index is 0. The summed E-state index contributed by atoms with van der Waals surface area (Å²) in [5.41, 5.74) is 0. The first-order chi connectivity index (χ1) is 1.41. The molecule has 0 unspecified atom stereocenters. The summed E-state index contributed by atoms with van der Waals surface area (Å²) in [5.74, 6) is 0. The van der Waals surface area contributed by atoms with Crippen LogP contribution < -0.4 is 0 Å². The Kier molecular flexibility index (Phi) is 34.8. The second-order valence-corrected chi connectivity index (χ2v) is 0.250. The molecule has 24 valence electrons. The molecule has 0 rings (SSSR count). The molecule has 0 spiro atoms. The lowest BCUT2D eigenvalue weighted by Gasteiger charge is -0.944. The molecular weight excluding hydrogens is 79.1 g/mol. The first-order valence-corrected chi connectivity index (χ1v) is 1.22. The lowest BCUT2D eigenvalue weighted by atomic mass is 15.9. The molecule has 0 bridgehead atoms. The lowest BCUT2D eigenvalue weighted by Crippen LogP contribution is -1.26. The number of hydrogen-bond donors (Lipinski definition) is 0. The minimum absolute atomic E-state index is 0. The summed E-state index contributed by atoms with van der Waals surface area (Å²) < 4.78 is 16.8. The first-order valence-electron chi connectivity index (χ1n) is 0.408. The third kappa shape index (κ3) is 15.2. The monoisotopic (exact) mass is 80.0 g/mol. The van der Waals surface area contributed by atoms with Gasteiger partial charge in [-0.25, -0.2) is 0 Å². The Morgan fingerprint density at radius 3 is 1.25 bits per heavy atom. The van der Waals surface area contributed by atoms with Crippen molar-refractivity contribution >= 4 is 9.29 Å².